The van der Waals surface area contributed by atoms with Crippen molar-refractivity contribution in [3.05, 3.63) is 65.0 Å². The zero-order valence-corrected chi connectivity index (χ0v) is 12.9. The first-order valence-corrected chi connectivity index (χ1v) is 7.00. The van der Waals surface area contributed by atoms with Gasteiger partial charge in [-0.1, -0.05) is 24.3 Å². The fourth-order valence-electron chi connectivity index (χ4n) is 2.15. The molecule has 2 rings (SSSR count). The lowest BCUT2D eigenvalue weighted by atomic mass is 9.95. The largest absolute Gasteiger partial charge is 0.421 e. The maximum absolute atomic E-state index is 13.7. The first-order chi connectivity index (χ1) is 11.0. The van der Waals surface area contributed by atoms with Gasteiger partial charge in [-0.2, -0.15) is 13.2 Å². The number of aliphatic hydroxyl groups is 1. The first-order valence-electron chi connectivity index (χ1n) is 7.00. The van der Waals surface area contributed by atoms with E-state index in [0.29, 0.717) is 12.5 Å². The molecule has 0 spiro atoms. The quantitative estimate of drug-likeness (QED) is 0.824. The van der Waals surface area contributed by atoms with Crippen LogP contribution in [0.25, 0.3) is 0 Å². The molecule has 0 aliphatic rings. The van der Waals surface area contributed by atoms with E-state index in [-0.39, 0.29) is 16.8 Å². The summed E-state index contributed by atoms with van der Waals surface area (Å²) in [5.41, 5.74) is -2.88. The van der Waals surface area contributed by atoms with Crippen molar-refractivity contribution >= 4 is 11.6 Å². The van der Waals surface area contributed by atoms with Gasteiger partial charge in [0, 0.05) is 5.69 Å². The van der Waals surface area contributed by atoms with Gasteiger partial charge < -0.3 is 10.4 Å². The summed E-state index contributed by atoms with van der Waals surface area (Å²) in [5, 5.41) is 12.0. The Labute approximate surface area is 135 Å². The Morgan fingerprint density at radius 3 is 2.17 bits per heavy atom. The molecule has 0 aliphatic heterocycles. The molecule has 0 saturated heterocycles. The third kappa shape index (κ3) is 3.41. The highest BCUT2D eigenvalue weighted by atomic mass is 19.4. The van der Waals surface area contributed by atoms with E-state index < -0.39 is 23.5 Å². The number of benzene rings is 2. The summed E-state index contributed by atoms with van der Waals surface area (Å²) in [4.78, 5) is 12.1. The van der Waals surface area contributed by atoms with E-state index in [0.717, 1.165) is 18.2 Å². The molecule has 0 fully saturated rings. The summed E-state index contributed by atoms with van der Waals surface area (Å²) in [6.07, 6.45) is -4.83. The molecule has 1 amide bonds. The predicted octanol–water partition coefficient (Wildman–Crippen LogP) is 4.16. The maximum atomic E-state index is 13.7. The SMILES string of the molecule is Cc1cccc(F)c1C(=O)Nc1ccc(C(C)(O)C(F)(F)F)cc1. The van der Waals surface area contributed by atoms with E-state index in [2.05, 4.69) is 5.32 Å². The third-order valence-electron chi connectivity index (χ3n) is 3.71. The fraction of sp³-hybridized carbons (Fsp3) is 0.235. The second kappa shape index (κ2) is 6.24. The van der Waals surface area contributed by atoms with Gasteiger partial charge in [0.1, 0.15) is 5.82 Å². The van der Waals surface area contributed by atoms with E-state index >= 15 is 0 Å². The Morgan fingerprint density at radius 1 is 1.08 bits per heavy atom. The van der Waals surface area contributed by atoms with Gasteiger partial charge in [0.25, 0.3) is 5.91 Å². The van der Waals surface area contributed by atoms with Crippen molar-refractivity contribution in [2.75, 3.05) is 5.32 Å². The number of anilines is 1. The highest BCUT2D eigenvalue weighted by Crippen LogP contribution is 2.38. The molecule has 2 aromatic rings. The van der Waals surface area contributed by atoms with Crippen LogP contribution in [0, 0.1) is 12.7 Å². The Hall–Kier alpha value is -2.41. The monoisotopic (exact) mass is 341 g/mol. The molecule has 0 radical (unpaired) electrons. The van der Waals surface area contributed by atoms with Crippen molar-refractivity contribution in [3.8, 4) is 0 Å². The molecule has 1 atom stereocenters. The lowest BCUT2D eigenvalue weighted by molar-refractivity contribution is -0.258. The molecule has 0 saturated carbocycles. The molecule has 128 valence electrons. The maximum Gasteiger partial charge on any atom is 0.421 e. The number of hydrogen-bond acceptors (Lipinski definition) is 2. The van der Waals surface area contributed by atoms with Gasteiger partial charge in [-0.25, -0.2) is 4.39 Å². The van der Waals surface area contributed by atoms with Gasteiger partial charge in [0.15, 0.2) is 5.60 Å². The minimum atomic E-state index is -4.83. The van der Waals surface area contributed by atoms with Crippen LogP contribution < -0.4 is 5.32 Å². The van der Waals surface area contributed by atoms with Gasteiger partial charge in [-0.05, 0) is 43.2 Å². The van der Waals surface area contributed by atoms with Crippen LogP contribution in [0.1, 0.15) is 28.4 Å². The van der Waals surface area contributed by atoms with Crippen molar-refractivity contribution in [1.82, 2.24) is 0 Å². The smallest absolute Gasteiger partial charge is 0.376 e. The summed E-state index contributed by atoms with van der Waals surface area (Å²) in [7, 11) is 0. The van der Waals surface area contributed by atoms with Crippen LogP contribution in [-0.4, -0.2) is 17.2 Å². The zero-order chi connectivity index (χ0) is 18.1. The van der Waals surface area contributed by atoms with Crippen LogP contribution >= 0.6 is 0 Å². The van der Waals surface area contributed by atoms with Crippen molar-refractivity contribution in [1.29, 1.82) is 0 Å². The Morgan fingerprint density at radius 2 is 1.67 bits per heavy atom. The molecule has 2 N–H and O–H groups in total. The van der Waals surface area contributed by atoms with Crippen LogP contribution in [0.2, 0.25) is 0 Å². The Bertz CT molecular complexity index is 732. The van der Waals surface area contributed by atoms with Gasteiger partial charge in [0.2, 0.25) is 0 Å². The molecule has 0 bridgehead atoms. The van der Waals surface area contributed by atoms with Crippen LogP contribution in [-0.2, 0) is 5.60 Å². The topological polar surface area (TPSA) is 49.3 Å². The lowest BCUT2D eigenvalue weighted by Gasteiger charge is -2.26. The molecule has 7 heteroatoms. The Kier molecular flexibility index (Phi) is 4.66. The standard InChI is InChI=1S/C17H15F4NO2/c1-10-4-3-5-13(18)14(10)15(23)22-12-8-6-11(7-9-12)16(2,24)17(19,20)21/h3-9,24H,1-2H3,(H,22,23). The number of hydrogen-bond donors (Lipinski definition) is 2. The van der Waals surface area contributed by atoms with Gasteiger partial charge in [-0.15, -0.1) is 0 Å². The molecular formula is C17H15F4NO2. The zero-order valence-electron chi connectivity index (χ0n) is 12.9. The average Bonchev–Trinajstić information content (AvgIpc) is 2.46. The van der Waals surface area contributed by atoms with Gasteiger partial charge in [-0.3, -0.25) is 4.79 Å². The molecule has 1 unspecified atom stereocenters. The average molecular weight is 341 g/mol. The second-order valence-corrected chi connectivity index (χ2v) is 5.53. The van der Waals surface area contributed by atoms with Crippen LogP contribution in [0.4, 0.5) is 23.2 Å². The molecule has 3 nitrogen and oxygen atoms in total. The number of amides is 1. The predicted molar refractivity (Wildman–Crippen MR) is 81.2 cm³/mol. The number of carbonyl (C=O) groups excluding carboxylic acids is 1. The molecule has 2 aromatic carbocycles. The summed E-state index contributed by atoms with van der Waals surface area (Å²) in [6.45, 7) is 2.21. The van der Waals surface area contributed by atoms with E-state index in [4.69, 9.17) is 0 Å². The number of aryl methyl sites for hydroxylation is 1. The first kappa shape index (κ1) is 17.9. The Balaban J connectivity index is 2.22. The minimum Gasteiger partial charge on any atom is -0.376 e. The minimum absolute atomic E-state index is 0.135. The lowest BCUT2D eigenvalue weighted by Crippen LogP contribution is -2.39. The number of rotatable bonds is 3. The number of carbonyl (C=O) groups is 1. The van der Waals surface area contributed by atoms with E-state index in [9.17, 15) is 27.5 Å². The van der Waals surface area contributed by atoms with E-state index in [1.54, 1.807) is 13.0 Å². The van der Waals surface area contributed by atoms with Crippen LogP contribution in [0.3, 0.4) is 0 Å². The molecule has 0 aromatic heterocycles. The van der Waals surface area contributed by atoms with Crippen molar-refractivity contribution in [2.45, 2.75) is 25.6 Å². The molecule has 0 heterocycles. The molecular weight excluding hydrogens is 326 g/mol. The van der Waals surface area contributed by atoms with E-state index in [1.807, 2.05) is 0 Å². The van der Waals surface area contributed by atoms with E-state index in [1.165, 1.54) is 18.2 Å². The van der Waals surface area contributed by atoms with Crippen molar-refractivity contribution in [2.24, 2.45) is 0 Å². The number of halogens is 4. The van der Waals surface area contributed by atoms with Gasteiger partial charge >= 0.3 is 6.18 Å². The summed E-state index contributed by atoms with van der Waals surface area (Å²) in [5.74, 6) is -1.40. The number of nitrogens with one attached hydrogen (secondary N) is 1. The molecule has 0 aliphatic carbocycles. The summed E-state index contributed by atoms with van der Waals surface area (Å²) in [6, 6.07) is 8.71. The summed E-state index contributed by atoms with van der Waals surface area (Å²) >= 11 is 0. The fourth-order valence-corrected chi connectivity index (χ4v) is 2.15. The highest BCUT2D eigenvalue weighted by molar-refractivity contribution is 6.05. The third-order valence-corrected chi connectivity index (χ3v) is 3.71. The molecule has 24 heavy (non-hydrogen) atoms. The normalized spacial score (nSPS) is 14.1. The second-order valence-electron chi connectivity index (χ2n) is 5.53. The highest BCUT2D eigenvalue weighted by Gasteiger charge is 2.51. The summed E-state index contributed by atoms with van der Waals surface area (Å²) < 4.78 is 52.1. The van der Waals surface area contributed by atoms with Gasteiger partial charge in [0.05, 0.1) is 5.56 Å². The number of alkyl halides is 3. The van der Waals surface area contributed by atoms with Crippen LogP contribution in [0.5, 0.6) is 0 Å². The van der Waals surface area contributed by atoms with Crippen molar-refractivity contribution < 1.29 is 27.5 Å². The van der Waals surface area contributed by atoms with Crippen LogP contribution in [0.15, 0.2) is 42.5 Å². The van der Waals surface area contributed by atoms with Crippen molar-refractivity contribution in [3.63, 3.8) is 0 Å².